The molecular formula is C27H24F3N3O5. The molecule has 0 saturated carbocycles. The van der Waals surface area contributed by atoms with Crippen molar-refractivity contribution in [2.75, 3.05) is 0 Å². The second-order valence-electron chi connectivity index (χ2n) is 8.74. The lowest BCUT2D eigenvalue weighted by atomic mass is 9.93. The van der Waals surface area contributed by atoms with Crippen LogP contribution in [0.3, 0.4) is 0 Å². The number of aliphatic hydroxyl groups excluding tert-OH is 1. The molecule has 4 aromatic rings. The number of halogens is 3. The predicted octanol–water partition coefficient (Wildman–Crippen LogP) is 4.44. The van der Waals surface area contributed by atoms with Crippen molar-refractivity contribution in [2.24, 2.45) is 5.92 Å². The van der Waals surface area contributed by atoms with Crippen LogP contribution >= 0.6 is 0 Å². The minimum atomic E-state index is -4.75. The Morgan fingerprint density at radius 1 is 0.947 bits per heavy atom. The number of ether oxygens (including phenoxy) is 1. The maximum Gasteiger partial charge on any atom is 0.573 e. The molecule has 0 saturated heterocycles. The maximum atomic E-state index is 12.6. The van der Waals surface area contributed by atoms with Gasteiger partial charge in [0.05, 0.1) is 17.4 Å². The van der Waals surface area contributed by atoms with Crippen LogP contribution in [-0.4, -0.2) is 43.6 Å². The third-order valence-electron chi connectivity index (χ3n) is 6.17. The molecule has 11 heteroatoms. The summed E-state index contributed by atoms with van der Waals surface area (Å²) in [7, 11) is 0. The first-order chi connectivity index (χ1) is 18.1. The molecule has 0 aliphatic rings. The quantitative estimate of drug-likeness (QED) is 0.313. The highest BCUT2D eigenvalue weighted by Crippen LogP contribution is 2.27. The van der Waals surface area contributed by atoms with Crippen molar-refractivity contribution in [3.63, 3.8) is 0 Å². The van der Waals surface area contributed by atoms with Crippen molar-refractivity contribution >= 4 is 16.9 Å². The second kappa shape index (κ2) is 11.4. The molecule has 0 aliphatic heterocycles. The molecule has 38 heavy (non-hydrogen) atoms. The minimum absolute atomic E-state index is 0.00356. The van der Waals surface area contributed by atoms with Crippen molar-refractivity contribution in [2.45, 2.75) is 38.3 Å². The van der Waals surface area contributed by atoms with E-state index in [1.54, 1.807) is 36.4 Å². The third-order valence-corrected chi connectivity index (χ3v) is 6.17. The molecule has 0 amide bonds. The van der Waals surface area contributed by atoms with Gasteiger partial charge in [0.1, 0.15) is 11.3 Å². The van der Waals surface area contributed by atoms with Crippen molar-refractivity contribution in [3.05, 3.63) is 88.7 Å². The van der Waals surface area contributed by atoms with E-state index in [2.05, 4.69) is 15.0 Å². The van der Waals surface area contributed by atoms with E-state index < -0.39 is 24.4 Å². The number of nitrogens with zero attached hydrogens (tertiary/aromatic N) is 3. The molecule has 2 N–H and O–H groups in total. The summed E-state index contributed by atoms with van der Waals surface area (Å²) in [4.78, 5) is 24.4. The summed E-state index contributed by atoms with van der Waals surface area (Å²) in [6.45, 7) is -0.00775. The number of carboxylic acid groups (broad SMARTS) is 1. The van der Waals surface area contributed by atoms with Crippen LogP contribution in [0.2, 0.25) is 0 Å². The zero-order valence-corrected chi connectivity index (χ0v) is 20.0. The van der Waals surface area contributed by atoms with Gasteiger partial charge in [-0.2, -0.15) is 0 Å². The van der Waals surface area contributed by atoms with Crippen LogP contribution in [0.5, 0.6) is 5.75 Å². The Labute approximate surface area is 214 Å². The molecule has 0 fully saturated rings. The van der Waals surface area contributed by atoms with Gasteiger partial charge in [0, 0.05) is 6.54 Å². The summed E-state index contributed by atoms with van der Waals surface area (Å²) < 4.78 is 42.0. The summed E-state index contributed by atoms with van der Waals surface area (Å²) in [5.41, 5.74) is 2.40. The number of carboxylic acids is 1. The molecule has 1 aromatic heterocycles. The molecule has 198 valence electrons. The molecule has 0 radical (unpaired) electrons. The number of aryl methyl sites for hydroxylation is 2. The Bertz CT molecular complexity index is 1450. The number of aliphatic carboxylic acids is 1. The number of hydrogen-bond donors (Lipinski definition) is 2. The smallest absolute Gasteiger partial charge is 0.481 e. The Hall–Kier alpha value is -4.25. The summed E-state index contributed by atoms with van der Waals surface area (Å²) >= 11 is 0. The Kier molecular flexibility index (Phi) is 8.06. The average Bonchev–Trinajstić information content (AvgIpc) is 2.88. The number of hydrogen-bond acceptors (Lipinski definition) is 6. The van der Waals surface area contributed by atoms with Gasteiger partial charge in [-0.3, -0.25) is 9.59 Å². The molecule has 4 rings (SSSR count). The lowest BCUT2D eigenvalue weighted by molar-refractivity contribution is -0.274. The van der Waals surface area contributed by atoms with Gasteiger partial charge in [0.15, 0.2) is 0 Å². The summed E-state index contributed by atoms with van der Waals surface area (Å²) in [6.07, 6.45) is -5.33. The maximum absolute atomic E-state index is 12.6. The van der Waals surface area contributed by atoms with E-state index >= 15 is 0 Å². The number of benzene rings is 3. The van der Waals surface area contributed by atoms with Crippen LogP contribution in [0.15, 0.2) is 77.6 Å². The zero-order valence-electron chi connectivity index (χ0n) is 20.0. The van der Waals surface area contributed by atoms with E-state index in [1.807, 2.05) is 12.1 Å². The number of aliphatic hydroxyl groups is 1. The van der Waals surface area contributed by atoms with Crippen molar-refractivity contribution in [3.8, 4) is 16.9 Å². The standard InChI is InChI=1S/C27H24F3N3O5/c28-27(29,30)38-20-12-10-19(11-13-20)18-8-5-17(6-9-18)7-14-24(34)22(26(36)37)15-16-33-25(35)21-3-1-2-4-23(21)31-32-33/h1-6,8-13,22,24,34H,7,14-16H2,(H,36,37). The van der Waals surface area contributed by atoms with Gasteiger partial charge in [-0.05, 0) is 60.2 Å². The van der Waals surface area contributed by atoms with Crippen molar-refractivity contribution in [1.82, 2.24) is 15.0 Å². The van der Waals surface area contributed by atoms with E-state index in [4.69, 9.17) is 0 Å². The number of fused-ring (bicyclic) bond motifs is 1. The van der Waals surface area contributed by atoms with E-state index in [0.717, 1.165) is 15.8 Å². The number of alkyl halides is 3. The molecule has 0 spiro atoms. The highest BCUT2D eigenvalue weighted by molar-refractivity contribution is 5.76. The lowest BCUT2D eigenvalue weighted by Crippen LogP contribution is -2.32. The van der Waals surface area contributed by atoms with Crippen LogP contribution in [0, 0.1) is 5.92 Å². The summed E-state index contributed by atoms with van der Waals surface area (Å²) in [6, 6.07) is 19.4. The molecule has 0 bridgehead atoms. The summed E-state index contributed by atoms with van der Waals surface area (Å²) in [5.74, 6) is -2.59. The van der Waals surface area contributed by atoms with Gasteiger partial charge < -0.3 is 14.9 Å². The fraction of sp³-hybridized carbons (Fsp3) is 0.259. The molecule has 0 aliphatic carbocycles. The minimum Gasteiger partial charge on any atom is -0.481 e. The topological polar surface area (TPSA) is 115 Å². The number of aromatic nitrogens is 3. The molecule has 2 atom stereocenters. The van der Waals surface area contributed by atoms with Gasteiger partial charge in [-0.25, -0.2) is 4.68 Å². The monoisotopic (exact) mass is 527 g/mol. The lowest BCUT2D eigenvalue weighted by Gasteiger charge is -2.19. The SMILES string of the molecule is O=C(O)C(CCn1nnc2ccccc2c1=O)C(O)CCc1ccc(-c2ccc(OC(F)(F)F)cc2)cc1. The van der Waals surface area contributed by atoms with Gasteiger partial charge in [-0.1, -0.05) is 53.7 Å². The van der Waals surface area contributed by atoms with Crippen molar-refractivity contribution in [1.29, 1.82) is 0 Å². The van der Waals surface area contributed by atoms with Crippen LogP contribution in [0.25, 0.3) is 22.0 Å². The van der Waals surface area contributed by atoms with Crippen LogP contribution in [0.4, 0.5) is 13.2 Å². The molecule has 3 aromatic carbocycles. The largest absolute Gasteiger partial charge is 0.573 e. The predicted molar refractivity (Wildman–Crippen MR) is 132 cm³/mol. The molecule has 2 unspecified atom stereocenters. The van der Waals surface area contributed by atoms with E-state index in [-0.39, 0.29) is 30.7 Å². The fourth-order valence-electron chi connectivity index (χ4n) is 4.14. The number of carbonyl (C=O) groups is 1. The normalized spacial score (nSPS) is 13.3. The molecular weight excluding hydrogens is 503 g/mol. The fourth-order valence-corrected chi connectivity index (χ4v) is 4.14. The van der Waals surface area contributed by atoms with Gasteiger partial charge in [0.2, 0.25) is 0 Å². The zero-order chi connectivity index (χ0) is 27.3. The summed E-state index contributed by atoms with van der Waals surface area (Å²) in [5, 5.41) is 28.5. The van der Waals surface area contributed by atoms with E-state index in [9.17, 15) is 33.0 Å². The first-order valence-electron chi connectivity index (χ1n) is 11.8. The van der Waals surface area contributed by atoms with Gasteiger partial charge >= 0.3 is 12.3 Å². The van der Waals surface area contributed by atoms with E-state index in [0.29, 0.717) is 22.9 Å². The Morgan fingerprint density at radius 2 is 1.58 bits per heavy atom. The van der Waals surface area contributed by atoms with Crippen molar-refractivity contribution < 1.29 is 32.9 Å². The second-order valence-corrected chi connectivity index (χ2v) is 8.74. The number of rotatable bonds is 10. The van der Waals surface area contributed by atoms with E-state index in [1.165, 1.54) is 24.3 Å². The van der Waals surface area contributed by atoms with Gasteiger partial charge in [-0.15, -0.1) is 18.3 Å². The molecule has 8 nitrogen and oxygen atoms in total. The highest BCUT2D eigenvalue weighted by atomic mass is 19.4. The first kappa shape index (κ1) is 26.8. The van der Waals surface area contributed by atoms with Crippen LogP contribution < -0.4 is 10.3 Å². The van der Waals surface area contributed by atoms with Crippen LogP contribution in [0.1, 0.15) is 18.4 Å². The third kappa shape index (κ3) is 6.74. The highest BCUT2D eigenvalue weighted by Gasteiger charge is 2.31. The molecule has 1 heterocycles. The van der Waals surface area contributed by atoms with Crippen LogP contribution in [-0.2, 0) is 17.8 Å². The average molecular weight is 527 g/mol. The van der Waals surface area contributed by atoms with Gasteiger partial charge in [0.25, 0.3) is 5.56 Å². The Morgan fingerprint density at radius 3 is 2.21 bits per heavy atom. The Balaban J connectivity index is 1.34. The first-order valence-corrected chi connectivity index (χ1v) is 11.8.